The first kappa shape index (κ1) is 15.3. The summed E-state index contributed by atoms with van der Waals surface area (Å²) in [5.74, 6) is 5.91. The molecule has 0 saturated heterocycles. The second-order valence-corrected chi connectivity index (χ2v) is 4.79. The van der Waals surface area contributed by atoms with E-state index in [-0.39, 0.29) is 24.5 Å². The largest absolute Gasteiger partial charge is 0.395 e. The molecule has 1 rings (SSSR count). The zero-order chi connectivity index (χ0) is 14.3. The number of hydrogen-bond acceptors (Lipinski definition) is 2. The van der Waals surface area contributed by atoms with Crippen LogP contribution >= 0.6 is 0 Å². The third-order valence-electron chi connectivity index (χ3n) is 2.74. The summed E-state index contributed by atoms with van der Waals surface area (Å²) in [6.07, 6.45) is 0.476. The number of nitrogens with one attached hydrogen (secondary N) is 1. The van der Waals surface area contributed by atoms with Crippen molar-refractivity contribution < 1.29 is 9.90 Å². The van der Waals surface area contributed by atoms with Crippen molar-refractivity contribution in [1.29, 1.82) is 0 Å². The molecule has 0 aromatic heterocycles. The maximum atomic E-state index is 11.7. The molecule has 3 nitrogen and oxygen atoms in total. The summed E-state index contributed by atoms with van der Waals surface area (Å²) in [6, 6.07) is 7.76. The Kier molecular flexibility index (Phi) is 6.11. The molecular weight excluding hydrogens is 238 g/mol. The Morgan fingerprint density at radius 3 is 2.74 bits per heavy atom. The minimum absolute atomic E-state index is 0.0185. The van der Waals surface area contributed by atoms with E-state index in [0.29, 0.717) is 6.42 Å². The minimum atomic E-state index is -0.0329. The molecule has 3 heteroatoms. The van der Waals surface area contributed by atoms with Crippen molar-refractivity contribution in [2.24, 2.45) is 5.92 Å². The molecule has 0 bridgehead atoms. The van der Waals surface area contributed by atoms with Gasteiger partial charge in [0.2, 0.25) is 5.91 Å². The van der Waals surface area contributed by atoms with Crippen LogP contribution in [0.5, 0.6) is 0 Å². The predicted octanol–water partition coefficient (Wildman–Crippen LogP) is 2.25. The first-order chi connectivity index (χ1) is 9.04. The number of carbonyl (C=O) groups is 1. The Hall–Kier alpha value is -1.79. The summed E-state index contributed by atoms with van der Waals surface area (Å²) in [6.45, 7) is 5.78. The third kappa shape index (κ3) is 5.15. The van der Waals surface area contributed by atoms with Gasteiger partial charge in [0.15, 0.2) is 0 Å². The SMILES string of the molecule is CC(C)C(=O)NC(C)c1cccc(C#CCCO)c1. The van der Waals surface area contributed by atoms with Gasteiger partial charge in [-0.2, -0.15) is 0 Å². The van der Waals surface area contributed by atoms with Gasteiger partial charge in [-0.15, -0.1) is 0 Å². The summed E-state index contributed by atoms with van der Waals surface area (Å²) in [4.78, 5) is 11.7. The van der Waals surface area contributed by atoms with Crippen LogP contribution in [0.2, 0.25) is 0 Å². The van der Waals surface area contributed by atoms with E-state index in [0.717, 1.165) is 11.1 Å². The van der Waals surface area contributed by atoms with Gasteiger partial charge in [0, 0.05) is 17.9 Å². The number of rotatable bonds is 4. The molecular formula is C16H21NO2. The fourth-order valence-corrected chi connectivity index (χ4v) is 1.57. The van der Waals surface area contributed by atoms with E-state index in [1.807, 2.05) is 45.0 Å². The van der Waals surface area contributed by atoms with E-state index in [1.165, 1.54) is 0 Å². The molecule has 0 saturated carbocycles. The second kappa shape index (κ2) is 7.60. The Bertz CT molecular complexity index is 483. The van der Waals surface area contributed by atoms with Crippen LogP contribution in [-0.2, 0) is 4.79 Å². The van der Waals surface area contributed by atoms with Gasteiger partial charge >= 0.3 is 0 Å². The van der Waals surface area contributed by atoms with Gasteiger partial charge in [0.05, 0.1) is 12.6 Å². The van der Waals surface area contributed by atoms with Gasteiger partial charge in [0.25, 0.3) is 0 Å². The lowest BCUT2D eigenvalue weighted by Gasteiger charge is -2.16. The van der Waals surface area contributed by atoms with Crippen molar-refractivity contribution in [1.82, 2.24) is 5.32 Å². The number of aliphatic hydroxyl groups excluding tert-OH is 1. The minimum Gasteiger partial charge on any atom is -0.395 e. The summed E-state index contributed by atoms with van der Waals surface area (Å²) in [5, 5.41) is 11.7. The molecule has 2 N–H and O–H groups in total. The Balaban J connectivity index is 2.76. The molecule has 0 heterocycles. The van der Waals surface area contributed by atoms with E-state index in [9.17, 15) is 4.79 Å². The first-order valence-electron chi connectivity index (χ1n) is 6.54. The lowest BCUT2D eigenvalue weighted by molar-refractivity contribution is -0.124. The van der Waals surface area contributed by atoms with Crippen LogP contribution in [0, 0.1) is 17.8 Å². The normalized spacial score (nSPS) is 11.6. The van der Waals surface area contributed by atoms with Crippen LogP contribution < -0.4 is 5.32 Å². The van der Waals surface area contributed by atoms with Crippen molar-refractivity contribution in [2.45, 2.75) is 33.2 Å². The van der Waals surface area contributed by atoms with Gasteiger partial charge < -0.3 is 10.4 Å². The number of hydrogen-bond donors (Lipinski definition) is 2. The van der Waals surface area contributed by atoms with Crippen LogP contribution in [0.15, 0.2) is 24.3 Å². The second-order valence-electron chi connectivity index (χ2n) is 4.79. The molecule has 102 valence electrons. The van der Waals surface area contributed by atoms with E-state index < -0.39 is 0 Å². The van der Waals surface area contributed by atoms with Crippen molar-refractivity contribution in [3.05, 3.63) is 35.4 Å². The predicted molar refractivity (Wildman–Crippen MR) is 76.4 cm³/mol. The van der Waals surface area contributed by atoms with Gasteiger partial charge in [-0.3, -0.25) is 4.79 Å². The summed E-state index contributed by atoms with van der Waals surface area (Å²) in [5.41, 5.74) is 1.93. The molecule has 0 radical (unpaired) electrons. The molecule has 0 aliphatic heterocycles. The molecule has 19 heavy (non-hydrogen) atoms. The quantitative estimate of drug-likeness (QED) is 0.815. The highest BCUT2D eigenvalue weighted by Crippen LogP contribution is 2.14. The van der Waals surface area contributed by atoms with Gasteiger partial charge in [0.1, 0.15) is 0 Å². The highest BCUT2D eigenvalue weighted by Gasteiger charge is 2.12. The zero-order valence-corrected chi connectivity index (χ0v) is 11.7. The first-order valence-corrected chi connectivity index (χ1v) is 6.54. The monoisotopic (exact) mass is 259 g/mol. The summed E-state index contributed by atoms with van der Waals surface area (Å²) in [7, 11) is 0. The Morgan fingerprint density at radius 2 is 2.11 bits per heavy atom. The highest BCUT2D eigenvalue weighted by atomic mass is 16.2. The highest BCUT2D eigenvalue weighted by molar-refractivity contribution is 5.78. The average Bonchev–Trinajstić information content (AvgIpc) is 2.39. The molecule has 1 aromatic carbocycles. The molecule has 1 aromatic rings. The fraction of sp³-hybridized carbons (Fsp3) is 0.438. The number of amides is 1. The molecule has 1 unspecified atom stereocenters. The third-order valence-corrected chi connectivity index (χ3v) is 2.74. The van der Waals surface area contributed by atoms with Crippen molar-refractivity contribution in [2.75, 3.05) is 6.61 Å². The number of benzene rings is 1. The van der Waals surface area contributed by atoms with Crippen LogP contribution in [0.4, 0.5) is 0 Å². The molecule has 0 fully saturated rings. The zero-order valence-electron chi connectivity index (χ0n) is 11.7. The van der Waals surface area contributed by atoms with Crippen LogP contribution in [-0.4, -0.2) is 17.6 Å². The van der Waals surface area contributed by atoms with Crippen LogP contribution in [0.25, 0.3) is 0 Å². The smallest absolute Gasteiger partial charge is 0.223 e. The summed E-state index contributed by atoms with van der Waals surface area (Å²) >= 11 is 0. The standard InChI is InChI=1S/C16H21NO2/c1-12(2)16(19)17-13(3)15-9-6-8-14(11-15)7-4-5-10-18/h6,8-9,11-13,18H,5,10H2,1-3H3,(H,17,19). The van der Waals surface area contributed by atoms with Crippen LogP contribution in [0.3, 0.4) is 0 Å². The van der Waals surface area contributed by atoms with E-state index in [2.05, 4.69) is 17.2 Å². The molecule has 0 aliphatic rings. The maximum Gasteiger partial charge on any atom is 0.223 e. The van der Waals surface area contributed by atoms with Gasteiger partial charge in [-0.25, -0.2) is 0 Å². The fourth-order valence-electron chi connectivity index (χ4n) is 1.57. The summed E-state index contributed by atoms with van der Waals surface area (Å²) < 4.78 is 0. The van der Waals surface area contributed by atoms with E-state index in [1.54, 1.807) is 0 Å². The number of carbonyl (C=O) groups excluding carboxylic acids is 1. The molecule has 0 aliphatic carbocycles. The van der Waals surface area contributed by atoms with Crippen molar-refractivity contribution in [3.8, 4) is 11.8 Å². The average molecular weight is 259 g/mol. The van der Waals surface area contributed by atoms with E-state index in [4.69, 9.17) is 5.11 Å². The Labute approximate surface area is 115 Å². The van der Waals surface area contributed by atoms with Crippen molar-refractivity contribution in [3.63, 3.8) is 0 Å². The number of aliphatic hydroxyl groups is 1. The molecule has 1 atom stereocenters. The topological polar surface area (TPSA) is 49.3 Å². The van der Waals surface area contributed by atoms with Crippen LogP contribution in [0.1, 0.15) is 44.4 Å². The Morgan fingerprint density at radius 1 is 1.37 bits per heavy atom. The lowest BCUT2D eigenvalue weighted by Crippen LogP contribution is -2.30. The van der Waals surface area contributed by atoms with Crippen molar-refractivity contribution >= 4 is 5.91 Å². The van der Waals surface area contributed by atoms with E-state index >= 15 is 0 Å². The van der Waals surface area contributed by atoms with Gasteiger partial charge in [-0.1, -0.05) is 37.8 Å². The molecule has 0 spiro atoms. The van der Waals surface area contributed by atoms with Gasteiger partial charge in [-0.05, 0) is 24.6 Å². The molecule has 1 amide bonds. The lowest BCUT2D eigenvalue weighted by atomic mass is 10.0. The maximum absolute atomic E-state index is 11.7.